The van der Waals surface area contributed by atoms with Crippen LogP contribution in [0.15, 0.2) is 30.5 Å². The first-order valence-electron chi connectivity index (χ1n) is 5.00. The Morgan fingerprint density at radius 3 is 3.14 bits per heavy atom. The second-order valence-electron chi connectivity index (χ2n) is 3.65. The number of benzene rings is 1. The zero-order chi connectivity index (χ0) is 9.54. The smallest absolute Gasteiger partial charge is 0.167 e. The molecule has 2 atom stereocenters. The zero-order valence-electron chi connectivity index (χ0n) is 8.07. The second kappa shape index (κ2) is 2.77. The van der Waals surface area contributed by atoms with E-state index in [1.165, 1.54) is 11.1 Å². The molecule has 0 fully saturated rings. The third-order valence-electron chi connectivity index (χ3n) is 2.88. The van der Waals surface area contributed by atoms with Crippen LogP contribution in [0.2, 0.25) is 0 Å². The molecule has 0 unspecified atom stereocenters. The lowest BCUT2D eigenvalue weighted by Crippen LogP contribution is -2.12. The first kappa shape index (κ1) is 7.92. The Balaban J connectivity index is 2.12. The zero-order valence-corrected chi connectivity index (χ0v) is 8.07. The molecule has 0 spiro atoms. The molecule has 1 aromatic carbocycles. The van der Waals surface area contributed by atoms with Gasteiger partial charge in [0.15, 0.2) is 12.2 Å². The highest BCUT2D eigenvalue weighted by Crippen LogP contribution is 2.44. The van der Waals surface area contributed by atoms with Gasteiger partial charge in [0.05, 0.1) is 6.26 Å². The van der Waals surface area contributed by atoms with E-state index < -0.39 is 0 Å². The summed E-state index contributed by atoms with van der Waals surface area (Å²) in [6.07, 6.45) is 4.94. The summed E-state index contributed by atoms with van der Waals surface area (Å²) in [5.41, 5.74) is 2.57. The minimum Gasteiger partial charge on any atom is -0.489 e. The highest BCUT2D eigenvalue weighted by molar-refractivity contribution is 5.47. The average Bonchev–Trinajstić information content (AvgIpc) is 2.75. The largest absolute Gasteiger partial charge is 0.489 e. The molecule has 3 rings (SSSR count). The number of hydrogen-bond donors (Lipinski definition) is 0. The average molecular weight is 188 g/mol. The maximum atomic E-state index is 5.76. The normalized spacial score (nSPS) is 26.6. The van der Waals surface area contributed by atoms with Gasteiger partial charge in [0.2, 0.25) is 0 Å². The topological polar surface area (TPSA) is 18.5 Å². The molecule has 2 aliphatic rings. The predicted octanol–water partition coefficient (Wildman–Crippen LogP) is 2.60. The van der Waals surface area contributed by atoms with Crippen molar-refractivity contribution < 1.29 is 9.47 Å². The van der Waals surface area contributed by atoms with E-state index in [1.807, 2.05) is 18.2 Å². The van der Waals surface area contributed by atoms with Gasteiger partial charge < -0.3 is 9.47 Å². The molecule has 2 heterocycles. The number of ether oxygens (including phenoxy) is 2. The van der Waals surface area contributed by atoms with Gasteiger partial charge in [-0.1, -0.05) is 19.1 Å². The fourth-order valence-electron chi connectivity index (χ4n) is 2.19. The van der Waals surface area contributed by atoms with Crippen LogP contribution < -0.4 is 4.74 Å². The summed E-state index contributed by atoms with van der Waals surface area (Å²) < 4.78 is 11.3. The van der Waals surface area contributed by atoms with Crippen molar-refractivity contribution in [2.24, 2.45) is 0 Å². The summed E-state index contributed by atoms with van der Waals surface area (Å²) in [7, 11) is 0. The second-order valence-corrected chi connectivity index (χ2v) is 3.65. The molecular weight excluding hydrogens is 176 g/mol. The van der Waals surface area contributed by atoms with E-state index in [2.05, 4.69) is 13.0 Å². The van der Waals surface area contributed by atoms with E-state index in [1.54, 1.807) is 6.26 Å². The van der Waals surface area contributed by atoms with E-state index in [0.29, 0.717) is 0 Å². The van der Waals surface area contributed by atoms with Crippen LogP contribution in [0.5, 0.6) is 5.75 Å². The molecule has 14 heavy (non-hydrogen) atoms. The van der Waals surface area contributed by atoms with Gasteiger partial charge in [-0.25, -0.2) is 0 Å². The van der Waals surface area contributed by atoms with Crippen molar-refractivity contribution in [3.8, 4) is 5.75 Å². The summed E-state index contributed by atoms with van der Waals surface area (Å²) in [6.45, 7) is 2.16. The fraction of sp³-hybridized carbons (Fsp3) is 0.333. The molecule has 0 saturated heterocycles. The number of aryl methyl sites for hydroxylation is 1. The highest BCUT2D eigenvalue weighted by atomic mass is 16.6. The Kier molecular flexibility index (Phi) is 1.57. The third-order valence-corrected chi connectivity index (χ3v) is 2.88. The van der Waals surface area contributed by atoms with Crippen molar-refractivity contribution in [1.29, 1.82) is 0 Å². The molecule has 0 bridgehead atoms. The molecule has 1 aromatic rings. The quantitative estimate of drug-likeness (QED) is 0.674. The van der Waals surface area contributed by atoms with Crippen molar-refractivity contribution in [3.05, 3.63) is 41.7 Å². The third kappa shape index (κ3) is 0.910. The molecule has 72 valence electrons. The van der Waals surface area contributed by atoms with Crippen molar-refractivity contribution in [3.63, 3.8) is 0 Å². The van der Waals surface area contributed by atoms with Gasteiger partial charge in [-0.15, -0.1) is 0 Å². The first-order chi connectivity index (χ1) is 6.90. The maximum absolute atomic E-state index is 5.76. The number of fused-ring (bicyclic) bond motifs is 3. The molecule has 0 N–H and O–H groups in total. The van der Waals surface area contributed by atoms with Crippen LogP contribution in [0.1, 0.15) is 24.2 Å². The molecule has 0 saturated carbocycles. The molecule has 0 aliphatic carbocycles. The van der Waals surface area contributed by atoms with Crippen LogP contribution in [0.4, 0.5) is 0 Å². The standard InChI is InChI=1S/C12H12O2/c1-2-8-4-3-5-9-11(8)12-10(14-9)6-7-13-12/h3-7,10,12H,2H2,1H3/t10-,12+/m1/s1. The van der Waals surface area contributed by atoms with Crippen molar-refractivity contribution in [2.75, 3.05) is 0 Å². The van der Waals surface area contributed by atoms with Gasteiger partial charge in [-0.2, -0.15) is 0 Å². The molecule has 0 radical (unpaired) electrons. The van der Waals surface area contributed by atoms with Gasteiger partial charge in [0.1, 0.15) is 5.75 Å². The molecule has 2 aliphatic heterocycles. The molecule has 2 nitrogen and oxygen atoms in total. The fourth-order valence-corrected chi connectivity index (χ4v) is 2.19. The summed E-state index contributed by atoms with van der Waals surface area (Å²) in [6, 6.07) is 6.21. The van der Waals surface area contributed by atoms with Gasteiger partial charge >= 0.3 is 0 Å². The van der Waals surface area contributed by atoms with Crippen LogP contribution in [0.25, 0.3) is 0 Å². The Morgan fingerprint density at radius 2 is 2.29 bits per heavy atom. The molecule has 0 aromatic heterocycles. The highest BCUT2D eigenvalue weighted by Gasteiger charge is 2.38. The summed E-state index contributed by atoms with van der Waals surface area (Å²) in [5.74, 6) is 0.990. The minimum absolute atomic E-state index is 0.0951. The Bertz CT molecular complexity index is 395. The SMILES string of the molecule is CCc1cccc2c1[C@H]1OC=C[C@H]1O2. The molecule has 2 heteroatoms. The Hall–Kier alpha value is -1.44. The predicted molar refractivity (Wildman–Crippen MR) is 53.2 cm³/mol. The lowest BCUT2D eigenvalue weighted by atomic mass is 9.99. The van der Waals surface area contributed by atoms with Crippen LogP contribution in [-0.2, 0) is 11.2 Å². The Labute approximate surface area is 83.1 Å². The van der Waals surface area contributed by atoms with Gasteiger partial charge in [0, 0.05) is 5.56 Å². The monoisotopic (exact) mass is 188 g/mol. The van der Waals surface area contributed by atoms with Crippen LogP contribution in [0.3, 0.4) is 0 Å². The molecule has 0 amide bonds. The lowest BCUT2D eigenvalue weighted by molar-refractivity contribution is 0.109. The summed E-state index contributed by atoms with van der Waals surface area (Å²) in [5, 5.41) is 0. The van der Waals surface area contributed by atoms with E-state index >= 15 is 0 Å². The van der Waals surface area contributed by atoms with Crippen molar-refractivity contribution in [2.45, 2.75) is 25.6 Å². The van der Waals surface area contributed by atoms with Crippen LogP contribution >= 0.6 is 0 Å². The van der Waals surface area contributed by atoms with Gasteiger partial charge in [-0.05, 0) is 24.1 Å². The number of hydrogen-bond acceptors (Lipinski definition) is 2. The van der Waals surface area contributed by atoms with Gasteiger partial charge in [0.25, 0.3) is 0 Å². The van der Waals surface area contributed by atoms with E-state index in [4.69, 9.17) is 9.47 Å². The summed E-state index contributed by atoms with van der Waals surface area (Å²) >= 11 is 0. The van der Waals surface area contributed by atoms with Crippen LogP contribution in [-0.4, -0.2) is 6.10 Å². The van der Waals surface area contributed by atoms with Crippen LogP contribution in [0, 0.1) is 0 Å². The number of rotatable bonds is 1. The van der Waals surface area contributed by atoms with Crippen molar-refractivity contribution >= 4 is 0 Å². The first-order valence-corrected chi connectivity index (χ1v) is 5.00. The minimum atomic E-state index is 0.0951. The lowest BCUT2D eigenvalue weighted by Gasteiger charge is -2.10. The van der Waals surface area contributed by atoms with Gasteiger partial charge in [-0.3, -0.25) is 0 Å². The van der Waals surface area contributed by atoms with E-state index in [0.717, 1.165) is 12.2 Å². The Morgan fingerprint density at radius 1 is 1.36 bits per heavy atom. The van der Waals surface area contributed by atoms with E-state index in [-0.39, 0.29) is 12.2 Å². The molecular formula is C12H12O2. The maximum Gasteiger partial charge on any atom is 0.167 e. The van der Waals surface area contributed by atoms with Crippen molar-refractivity contribution in [1.82, 2.24) is 0 Å². The van der Waals surface area contributed by atoms with E-state index in [9.17, 15) is 0 Å². The summed E-state index contributed by atoms with van der Waals surface area (Å²) in [4.78, 5) is 0.